The Labute approximate surface area is 173 Å². The average molecular weight is 416 g/mol. The third-order valence-corrected chi connectivity index (χ3v) is 5.07. The molecule has 28 heavy (non-hydrogen) atoms. The molecule has 0 spiro atoms. The van der Waals surface area contributed by atoms with Gasteiger partial charge in [-0.15, -0.1) is 0 Å². The highest BCUT2D eigenvalue weighted by atomic mass is 35.5. The molecule has 3 rings (SSSR count). The van der Waals surface area contributed by atoms with Crippen molar-refractivity contribution in [3.8, 4) is 5.75 Å². The molecule has 2 N–H and O–H groups in total. The van der Waals surface area contributed by atoms with Gasteiger partial charge in [-0.1, -0.05) is 47.5 Å². The molecule has 0 aliphatic heterocycles. The summed E-state index contributed by atoms with van der Waals surface area (Å²) in [5, 5.41) is 13.5. The molecular weight excluding hydrogens is 397 g/mol. The zero-order valence-corrected chi connectivity index (χ0v) is 16.7. The Balaban J connectivity index is 1.64. The second-order valence-electron chi connectivity index (χ2n) is 6.32. The normalized spacial score (nSPS) is 10.5. The lowest BCUT2D eigenvalue weighted by molar-refractivity contribution is 0.0696. The molecular formula is C22H19Cl2NO3. The lowest BCUT2D eigenvalue weighted by atomic mass is 10.1. The van der Waals surface area contributed by atoms with Crippen molar-refractivity contribution < 1.29 is 14.6 Å². The molecule has 0 unspecified atom stereocenters. The van der Waals surface area contributed by atoms with Crippen LogP contribution in [0.25, 0.3) is 0 Å². The number of carboxylic acid groups (broad SMARTS) is 1. The van der Waals surface area contributed by atoms with Gasteiger partial charge in [0.15, 0.2) is 0 Å². The van der Waals surface area contributed by atoms with Crippen LogP contribution in [0, 0.1) is 6.92 Å². The van der Waals surface area contributed by atoms with Crippen LogP contribution in [0.5, 0.6) is 5.75 Å². The predicted octanol–water partition coefficient (Wildman–Crippen LogP) is 6.19. The van der Waals surface area contributed by atoms with Gasteiger partial charge in [-0.05, 0) is 60.0 Å². The van der Waals surface area contributed by atoms with Gasteiger partial charge in [0, 0.05) is 12.2 Å². The molecule has 0 aromatic heterocycles. The van der Waals surface area contributed by atoms with Gasteiger partial charge in [-0.3, -0.25) is 0 Å². The number of nitrogens with one attached hydrogen (secondary N) is 1. The Hall–Kier alpha value is -2.69. The summed E-state index contributed by atoms with van der Waals surface area (Å²) in [6, 6.07) is 18.3. The first-order valence-electron chi connectivity index (χ1n) is 8.66. The fraction of sp³-hybridized carbons (Fsp3) is 0.136. The Morgan fingerprint density at radius 3 is 2.54 bits per heavy atom. The van der Waals surface area contributed by atoms with E-state index in [4.69, 9.17) is 27.9 Å². The monoisotopic (exact) mass is 415 g/mol. The van der Waals surface area contributed by atoms with Gasteiger partial charge in [0.05, 0.1) is 15.6 Å². The van der Waals surface area contributed by atoms with E-state index >= 15 is 0 Å². The largest absolute Gasteiger partial charge is 0.489 e. The highest BCUT2D eigenvalue weighted by Crippen LogP contribution is 2.24. The molecule has 3 aromatic rings. The standard InChI is InChI=1S/C22H19Cl2NO3/c1-14-18(22(26)27)6-3-7-21(14)25-12-15-4-2-5-17(10-15)28-13-16-8-9-19(23)20(24)11-16/h2-11,25H,12-13H2,1H3,(H,26,27). The first kappa shape index (κ1) is 20.1. The van der Waals surface area contributed by atoms with Gasteiger partial charge in [0.25, 0.3) is 0 Å². The van der Waals surface area contributed by atoms with Crippen LogP contribution in [0.15, 0.2) is 60.7 Å². The van der Waals surface area contributed by atoms with Gasteiger partial charge in [0.1, 0.15) is 12.4 Å². The number of carboxylic acids is 1. The summed E-state index contributed by atoms with van der Waals surface area (Å²) in [6.07, 6.45) is 0. The second kappa shape index (κ2) is 9.00. The van der Waals surface area contributed by atoms with E-state index in [9.17, 15) is 9.90 Å². The maximum Gasteiger partial charge on any atom is 0.336 e. The Bertz CT molecular complexity index is 1000. The van der Waals surface area contributed by atoms with E-state index in [1.807, 2.05) is 36.4 Å². The Kier molecular flexibility index (Phi) is 6.45. The van der Waals surface area contributed by atoms with E-state index in [1.54, 1.807) is 31.2 Å². The van der Waals surface area contributed by atoms with Crippen LogP contribution in [0.1, 0.15) is 27.0 Å². The maximum absolute atomic E-state index is 11.3. The van der Waals surface area contributed by atoms with Crippen molar-refractivity contribution in [3.63, 3.8) is 0 Å². The van der Waals surface area contributed by atoms with E-state index in [0.717, 1.165) is 22.6 Å². The smallest absolute Gasteiger partial charge is 0.336 e. The summed E-state index contributed by atoms with van der Waals surface area (Å²) in [5.41, 5.74) is 3.75. The minimum Gasteiger partial charge on any atom is -0.489 e. The van der Waals surface area contributed by atoms with Gasteiger partial charge in [0.2, 0.25) is 0 Å². The number of anilines is 1. The summed E-state index contributed by atoms with van der Waals surface area (Å²) in [5.74, 6) is -0.194. The van der Waals surface area contributed by atoms with Crippen LogP contribution in [-0.4, -0.2) is 11.1 Å². The lowest BCUT2D eigenvalue weighted by Crippen LogP contribution is -2.06. The molecule has 0 saturated heterocycles. The van der Waals surface area contributed by atoms with Crippen LogP contribution in [-0.2, 0) is 13.2 Å². The number of rotatable bonds is 7. The van der Waals surface area contributed by atoms with Gasteiger partial charge in [-0.2, -0.15) is 0 Å². The molecule has 0 bridgehead atoms. The molecule has 3 aromatic carbocycles. The van der Waals surface area contributed by atoms with E-state index in [0.29, 0.717) is 34.3 Å². The summed E-state index contributed by atoms with van der Waals surface area (Å²) in [6.45, 7) is 2.73. The van der Waals surface area contributed by atoms with Crippen LogP contribution in [0.4, 0.5) is 5.69 Å². The third-order valence-electron chi connectivity index (χ3n) is 4.34. The zero-order valence-electron chi connectivity index (χ0n) is 15.2. The zero-order chi connectivity index (χ0) is 20.1. The van der Waals surface area contributed by atoms with Crippen molar-refractivity contribution in [3.05, 3.63) is 93.0 Å². The first-order valence-corrected chi connectivity index (χ1v) is 9.42. The molecule has 0 heterocycles. The fourth-order valence-electron chi connectivity index (χ4n) is 2.80. The van der Waals surface area contributed by atoms with Crippen molar-refractivity contribution >= 4 is 34.9 Å². The second-order valence-corrected chi connectivity index (χ2v) is 7.14. The van der Waals surface area contributed by atoms with Gasteiger partial charge in [-0.25, -0.2) is 4.79 Å². The molecule has 0 aliphatic carbocycles. The highest BCUT2D eigenvalue weighted by Gasteiger charge is 2.10. The minimum absolute atomic E-state index is 0.295. The summed E-state index contributed by atoms with van der Waals surface area (Å²) >= 11 is 12.0. The molecule has 4 nitrogen and oxygen atoms in total. The number of benzene rings is 3. The Morgan fingerprint density at radius 1 is 1.00 bits per heavy atom. The molecule has 0 fully saturated rings. The minimum atomic E-state index is -0.932. The number of halogens is 2. The SMILES string of the molecule is Cc1c(NCc2cccc(OCc3ccc(Cl)c(Cl)c3)c2)cccc1C(=O)O. The van der Waals surface area contributed by atoms with Crippen molar-refractivity contribution in [2.45, 2.75) is 20.1 Å². The molecule has 144 valence electrons. The van der Waals surface area contributed by atoms with Gasteiger partial charge < -0.3 is 15.2 Å². The van der Waals surface area contributed by atoms with Crippen molar-refractivity contribution in [1.29, 1.82) is 0 Å². The van der Waals surface area contributed by atoms with Crippen LogP contribution in [0.2, 0.25) is 10.0 Å². The number of aromatic carboxylic acids is 1. The maximum atomic E-state index is 11.3. The molecule has 0 saturated carbocycles. The number of hydrogen-bond acceptors (Lipinski definition) is 3. The topological polar surface area (TPSA) is 58.6 Å². The first-order chi connectivity index (χ1) is 13.4. The van der Waals surface area contributed by atoms with Crippen molar-refractivity contribution in [2.24, 2.45) is 0 Å². The summed E-state index contributed by atoms with van der Waals surface area (Å²) < 4.78 is 5.85. The quantitative estimate of drug-likeness (QED) is 0.482. The fourth-order valence-corrected chi connectivity index (χ4v) is 3.12. The van der Waals surface area contributed by atoms with Gasteiger partial charge >= 0.3 is 5.97 Å². The number of hydrogen-bond donors (Lipinski definition) is 2. The molecule has 0 amide bonds. The van der Waals surface area contributed by atoms with Crippen LogP contribution >= 0.6 is 23.2 Å². The number of ether oxygens (including phenoxy) is 1. The van der Waals surface area contributed by atoms with Crippen LogP contribution < -0.4 is 10.1 Å². The predicted molar refractivity (Wildman–Crippen MR) is 113 cm³/mol. The molecule has 0 aliphatic rings. The van der Waals surface area contributed by atoms with Crippen molar-refractivity contribution in [2.75, 3.05) is 5.32 Å². The Morgan fingerprint density at radius 2 is 1.79 bits per heavy atom. The van der Waals surface area contributed by atoms with E-state index in [1.165, 1.54) is 0 Å². The van der Waals surface area contributed by atoms with E-state index in [2.05, 4.69) is 5.32 Å². The van der Waals surface area contributed by atoms with E-state index in [-0.39, 0.29) is 0 Å². The third kappa shape index (κ3) is 4.97. The molecule has 0 atom stereocenters. The summed E-state index contributed by atoms with van der Waals surface area (Å²) in [4.78, 5) is 11.3. The highest BCUT2D eigenvalue weighted by molar-refractivity contribution is 6.42. The summed E-state index contributed by atoms with van der Waals surface area (Å²) in [7, 11) is 0. The lowest BCUT2D eigenvalue weighted by Gasteiger charge is -2.13. The van der Waals surface area contributed by atoms with E-state index < -0.39 is 5.97 Å². The average Bonchev–Trinajstić information content (AvgIpc) is 2.68. The van der Waals surface area contributed by atoms with Crippen LogP contribution in [0.3, 0.4) is 0 Å². The molecule has 6 heteroatoms. The molecule has 0 radical (unpaired) electrons. The number of carbonyl (C=O) groups is 1. The van der Waals surface area contributed by atoms with Crippen molar-refractivity contribution in [1.82, 2.24) is 0 Å².